The van der Waals surface area contributed by atoms with Gasteiger partial charge in [0.05, 0.1) is 5.52 Å². The van der Waals surface area contributed by atoms with Crippen molar-refractivity contribution >= 4 is 16.7 Å². The molecular weight excluding hydrogens is 318 g/mol. The molecule has 25 heavy (non-hydrogen) atoms. The van der Waals surface area contributed by atoms with Crippen molar-refractivity contribution in [3.05, 3.63) is 41.8 Å². The summed E-state index contributed by atoms with van der Waals surface area (Å²) in [7, 11) is 0. The molecule has 0 bridgehead atoms. The van der Waals surface area contributed by atoms with Crippen LogP contribution in [0.2, 0.25) is 0 Å². The van der Waals surface area contributed by atoms with Crippen molar-refractivity contribution in [2.75, 3.05) is 18.5 Å². The number of rotatable bonds is 4. The molecule has 1 fully saturated rings. The van der Waals surface area contributed by atoms with Gasteiger partial charge in [0.2, 0.25) is 5.89 Å². The average Bonchev–Trinajstić information content (AvgIpc) is 3.07. The lowest BCUT2D eigenvalue weighted by atomic mass is 9.91. The van der Waals surface area contributed by atoms with Crippen LogP contribution in [0.3, 0.4) is 0 Å². The molecule has 0 spiro atoms. The van der Waals surface area contributed by atoms with Crippen molar-refractivity contribution < 1.29 is 9.26 Å². The van der Waals surface area contributed by atoms with E-state index in [-0.39, 0.29) is 6.04 Å². The third-order valence-corrected chi connectivity index (χ3v) is 4.71. The van der Waals surface area contributed by atoms with E-state index in [2.05, 4.69) is 38.4 Å². The Bertz CT molecular complexity index is 873. The van der Waals surface area contributed by atoms with E-state index in [1.54, 1.807) is 6.33 Å². The molecule has 1 atom stereocenters. The molecule has 1 aliphatic rings. The Morgan fingerprint density at radius 3 is 2.76 bits per heavy atom. The highest BCUT2D eigenvalue weighted by Crippen LogP contribution is 2.33. The Morgan fingerprint density at radius 2 is 2.00 bits per heavy atom. The molecule has 0 aliphatic carbocycles. The summed E-state index contributed by atoms with van der Waals surface area (Å²) < 4.78 is 11.0. The predicted octanol–water partition coefficient (Wildman–Crippen LogP) is 3.21. The van der Waals surface area contributed by atoms with Crippen molar-refractivity contribution in [1.82, 2.24) is 20.1 Å². The zero-order valence-corrected chi connectivity index (χ0v) is 14.4. The predicted molar refractivity (Wildman–Crippen MR) is 93.2 cm³/mol. The number of ether oxygens (including phenoxy) is 1. The molecule has 0 unspecified atom stereocenters. The molecule has 0 radical (unpaired) electrons. The van der Waals surface area contributed by atoms with E-state index in [9.17, 15) is 0 Å². The van der Waals surface area contributed by atoms with E-state index in [0.29, 0.717) is 17.6 Å². The first kappa shape index (κ1) is 16.0. The lowest BCUT2D eigenvalue weighted by Gasteiger charge is -2.29. The lowest BCUT2D eigenvalue weighted by molar-refractivity contribution is 0.0571. The summed E-state index contributed by atoms with van der Waals surface area (Å²) in [5.74, 6) is 2.38. The van der Waals surface area contributed by atoms with Crippen LogP contribution >= 0.6 is 0 Å². The zero-order chi connectivity index (χ0) is 17.2. The number of para-hydroxylation sites is 1. The number of nitrogens with zero attached hydrogens (tertiary/aromatic N) is 4. The van der Waals surface area contributed by atoms with E-state index in [1.165, 1.54) is 0 Å². The fraction of sp³-hybridized carbons (Fsp3) is 0.444. The highest BCUT2D eigenvalue weighted by atomic mass is 16.5. The summed E-state index contributed by atoms with van der Waals surface area (Å²) in [6.45, 7) is 5.38. The normalized spacial score (nSPS) is 16.9. The molecule has 1 saturated heterocycles. The van der Waals surface area contributed by atoms with E-state index in [4.69, 9.17) is 9.26 Å². The minimum atomic E-state index is -0.0938. The van der Waals surface area contributed by atoms with Crippen LogP contribution in [0.25, 0.3) is 10.9 Å². The second-order valence-corrected chi connectivity index (χ2v) is 6.44. The highest BCUT2D eigenvalue weighted by Gasteiger charge is 2.30. The molecule has 4 rings (SSSR count). The van der Waals surface area contributed by atoms with E-state index >= 15 is 0 Å². The van der Waals surface area contributed by atoms with Gasteiger partial charge in [0.25, 0.3) is 0 Å². The van der Waals surface area contributed by atoms with Gasteiger partial charge < -0.3 is 14.6 Å². The van der Waals surface area contributed by atoms with E-state index < -0.39 is 0 Å². The Hall–Kier alpha value is -2.54. The highest BCUT2D eigenvalue weighted by molar-refractivity contribution is 5.90. The summed E-state index contributed by atoms with van der Waals surface area (Å²) in [6.07, 6.45) is 3.49. The topological polar surface area (TPSA) is 86.0 Å². The number of fused-ring (bicyclic) bond motifs is 1. The molecule has 3 heterocycles. The summed E-state index contributed by atoms with van der Waals surface area (Å²) in [6, 6.07) is 6.01. The number of nitrogens with one attached hydrogen (secondary N) is 1. The summed E-state index contributed by atoms with van der Waals surface area (Å²) >= 11 is 0. The average molecular weight is 339 g/mol. The van der Waals surface area contributed by atoms with Gasteiger partial charge in [-0.05, 0) is 44.2 Å². The van der Waals surface area contributed by atoms with Crippen LogP contribution < -0.4 is 5.32 Å². The van der Waals surface area contributed by atoms with Crippen molar-refractivity contribution in [2.24, 2.45) is 5.92 Å². The van der Waals surface area contributed by atoms with Gasteiger partial charge in [0.1, 0.15) is 18.2 Å². The van der Waals surface area contributed by atoms with Gasteiger partial charge in [0.15, 0.2) is 5.82 Å². The number of anilines is 1. The van der Waals surface area contributed by atoms with Crippen molar-refractivity contribution in [3.63, 3.8) is 0 Å². The molecule has 0 amide bonds. The smallest absolute Gasteiger partial charge is 0.249 e. The Morgan fingerprint density at radius 1 is 1.16 bits per heavy atom. The van der Waals surface area contributed by atoms with Crippen LogP contribution in [0.5, 0.6) is 0 Å². The maximum atomic E-state index is 5.51. The number of aryl methyl sites for hydroxylation is 2. The van der Waals surface area contributed by atoms with E-state index in [0.717, 1.165) is 48.3 Å². The molecule has 7 heteroatoms. The van der Waals surface area contributed by atoms with Gasteiger partial charge >= 0.3 is 0 Å². The molecule has 0 saturated carbocycles. The number of aromatic nitrogens is 4. The van der Waals surface area contributed by atoms with Gasteiger partial charge in [-0.3, -0.25) is 0 Å². The zero-order valence-electron chi connectivity index (χ0n) is 14.4. The van der Waals surface area contributed by atoms with Gasteiger partial charge in [-0.25, -0.2) is 9.97 Å². The third-order valence-electron chi connectivity index (χ3n) is 4.71. The fourth-order valence-electron chi connectivity index (χ4n) is 3.37. The van der Waals surface area contributed by atoms with Crippen molar-refractivity contribution in [1.29, 1.82) is 0 Å². The monoisotopic (exact) mass is 339 g/mol. The standard InChI is InChI=1S/C18H21N5O2/c1-11-4-3-5-14-15(11)19-10-20-17(14)22-16(13-6-8-24-9-7-13)18-21-12(2)23-25-18/h3-5,10,13,16H,6-9H2,1-2H3,(H,19,20,22)/t16-/m0/s1. The molecule has 3 aromatic rings. The van der Waals surface area contributed by atoms with Crippen LogP contribution in [0, 0.1) is 19.8 Å². The summed E-state index contributed by atoms with van der Waals surface area (Å²) in [5.41, 5.74) is 2.08. The molecule has 1 aliphatic heterocycles. The van der Waals surface area contributed by atoms with Crippen LogP contribution in [0.1, 0.15) is 36.2 Å². The minimum Gasteiger partial charge on any atom is -0.381 e. The van der Waals surface area contributed by atoms with Gasteiger partial charge in [0, 0.05) is 18.6 Å². The van der Waals surface area contributed by atoms with Gasteiger partial charge in [-0.2, -0.15) is 4.98 Å². The SMILES string of the molecule is Cc1noc([C@@H](Nc2ncnc3c(C)cccc23)C2CCOCC2)n1. The van der Waals surface area contributed by atoms with Gasteiger partial charge in [-0.15, -0.1) is 0 Å². The molecule has 130 valence electrons. The second kappa shape index (κ2) is 6.76. The Balaban J connectivity index is 1.72. The fourth-order valence-corrected chi connectivity index (χ4v) is 3.37. The lowest BCUT2D eigenvalue weighted by Crippen LogP contribution is -2.27. The first-order valence-electron chi connectivity index (χ1n) is 8.57. The molecule has 7 nitrogen and oxygen atoms in total. The summed E-state index contributed by atoms with van der Waals surface area (Å²) in [5, 5.41) is 8.50. The third kappa shape index (κ3) is 3.19. The molecule has 2 aromatic heterocycles. The quantitative estimate of drug-likeness (QED) is 0.781. The summed E-state index contributed by atoms with van der Waals surface area (Å²) in [4.78, 5) is 13.3. The maximum Gasteiger partial charge on any atom is 0.249 e. The van der Waals surface area contributed by atoms with Crippen LogP contribution in [-0.2, 0) is 4.74 Å². The maximum absolute atomic E-state index is 5.51. The van der Waals surface area contributed by atoms with Crippen LogP contribution in [-0.4, -0.2) is 33.3 Å². The first-order chi connectivity index (χ1) is 12.2. The number of hydrogen-bond acceptors (Lipinski definition) is 7. The van der Waals surface area contributed by atoms with Crippen molar-refractivity contribution in [2.45, 2.75) is 32.7 Å². The Labute approximate surface area is 145 Å². The number of hydrogen-bond donors (Lipinski definition) is 1. The van der Waals surface area contributed by atoms with E-state index in [1.807, 2.05) is 19.1 Å². The largest absolute Gasteiger partial charge is 0.381 e. The molecule has 1 N–H and O–H groups in total. The van der Waals surface area contributed by atoms with Crippen LogP contribution in [0.4, 0.5) is 5.82 Å². The molecule has 1 aromatic carbocycles. The van der Waals surface area contributed by atoms with Gasteiger partial charge in [-0.1, -0.05) is 17.3 Å². The number of benzene rings is 1. The minimum absolute atomic E-state index is 0.0938. The molecular formula is C18H21N5O2. The van der Waals surface area contributed by atoms with Crippen LogP contribution in [0.15, 0.2) is 29.0 Å². The Kier molecular flexibility index (Phi) is 4.31. The first-order valence-corrected chi connectivity index (χ1v) is 8.57. The second-order valence-electron chi connectivity index (χ2n) is 6.44. The van der Waals surface area contributed by atoms with Crippen molar-refractivity contribution in [3.8, 4) is 0 Å².